The van der Waals surface area contributed by atoms with Gasteiger partial charge in [-0.2, -0.15) is 0 Å². The molecule has 3 heteroatoms. The molecule has 0 radical (unpaired) electrons. The number of rotatable bonds is 7. The first-order chi connectivity index (χ1) is 6.49. The molecule has 1 N–H and O–H groups in total. The topological polar surface area (TPSA) is 54.4 Å². The van der Waals surface area contributed by atoms with E-state index in [0.29, 0.717) is 5.92 Å². The summed E-state index contributed by atoms with van der Waals surface area (Å²) >= 11 is 0. The minimum atomic E-state index is -1.02. The lowest BCUT2D eigenvalue weighted by Gasteiger charge is -2.17. The first-order valence-electron chi connectivity index (χ1n) is 5.23. The van der Waals surface area contributed by atoms with Crippen molar-refractivity contribution in [1.29, 1.82) is 0 Å². The third kappa shape index (κ3) is 5.00. The quantitative estimate of drug-likeness (QED) is 0.642. The molecule has 0 fully saturated rings. The summed E-state index contributed by atoms with van der Waals surface area (Å²) in [5, 5.41) is 8.47. The number of Topliss-reactive ketones (excluding diaryl/α,β-unsaturated/α-hetero) is 1. The van der Waals surface area contributed by atoms with Gasteiger partial charge in [-0.15, -0.1) is 0 Å². The van der Waals surface area contributed by atoms with Gasteiger partial charge in [0.2, 0.25) is 0 Å². The molecular weight excluding hydrogens is 180 g/mol. The highest BCUT2D eigenvalue weighted by Crippen LogP contribution is 2.19. The monoisotopic (exact) mass is 200 g/mol. The Morgan fingerprint density at radius 1 is 1.29 bits per heavy atom. The van der Waals surface area contributed by atoms with Gasteiger partial charge in [0, 0.05) is 5.92 Å². The first-order valence-corrected chi connectivity index (χ1v) is 5.23. The lowest BCUT2D eigenvalue weighted by molar-refractivity contribution is -0.141. The minimum Gasteiger partial charge on any atom is -0.481 e. The van der Waals surface area contributed by atoms with Gasteiger partial charge in [-0.25, -0.2) is 0 Å². The second-order valence-corrected chi connectivity index (χ2v) is 3.95. The summed E-state index contributed by atoms with van der Waals surface area (Å²) in [6.07, 6.45) is 2.89. The Kier molecular flexibility index (Phi) is 6.17. The first kappa shape index (κ1) is 13.1. The second-order valence-electron chi connectivity index (χ2n) is 3.95. The Morgan fingerprint density at radius 3 is 2.29 bits per heavy atom. The van der Waals surface area contributed by atoms with E-state index in [4.69, 9.17) is 5.11 Å². The van der Waals surface area contributed by atoms with Crippen LogP contribution in [0.25, 0.3) is 0 Å². The third-order valence-corrected chi connectivity index (χ3v) is 2.70. The van der Waals surface area contributed by atoms with Crippen LogP contribution in [0.2, 0.25) is 0 Å². The number of carbonyl (C=O) groups is 2. The molecule has 0 aromatic rings. The molecule has 3 nitrogen and oxygen atoms in total. The van der Waals surface area contributed by atoms with Gasteiger partial charge in [0.25, 0.3) is 0 Å². The van der Waals surface area contributed by atoms with Crippen molar-refractivity contribution in [2.75, 3.05) is 0 Å². The van der Waals surface area contributed by atoms with E-state index >= 15 is 0 Å². The molecule has 0 aromatic carbocycles. The minimum absolute atomic E-state index is 0.127. The van der Waals surface area contributed by atoms with Crippen molar-refractivity contribution in [1.82, 2.24) is 0 Å². The molecule has 2 atom stereocenters. The summed E-state index contributed by atoms with van der Waals surface area (Å²) < 4.78 is 0. The summed E-state index contributed by atoms with van der Waals surface area (Å²) in [6, 6.07) is 0. The highest BCUT2D eigenvalue weighted by molar-refractivity contribution is 5.95. The van der Waals surface area contributed by atoms with E-state index < -0.39 is 5.97 Å². The molecule has 0 unspecified atom stereocenters. The average Bonchev–Trinajstić information content (AvgIpc) is 2.11. The molecule has 0 bridgehead atoms. The standard InChI is InChI=1S/C11H20O3/c1-4-5-6-8(2)9(3)10(12)7-11(13)14/h8-9H,4-7H2,1-3H3,(H,13,14)/t8-,9-/m1/s1. The Labute approximate surface area is 85.5 Å². The molecule has 0 aromatic heterocycles. The lowest BCUT2D eigenvalue weighted by Crippen LogP contribution is -2.21. The van der Waals surface area contributed by atoms with Crippen molar-refractivity contribution in [2.24, 2.45) is 11.8 Å². The number of ketones is 1. The lowest BCUT2D eigenvalue weighted by atomic mass is 9.87. The molecule has 0 amide bonds. The predicted octanol–water partition coefficient (Wildman–Crippen LogP) is 2.49. The highest BCUT2D eigenvalue weighted by atomic mass is 16.4. The van der Waals surface area contributed by atoms with Crippen molar-refractivity contribution in [3.05, 3.63) is 0 Å². The Bertz CT molecular complexity index is 199. The number of hydrogen-bond acceptors (Lipinski definition) is 2. The molecular formula is C11H20O3. The molecule has 14 heavy (non-hydrogen) atoms. The Hall–Kier alpha value is -0.860. The van der Waals surface area contributed by atoms with E-state index in [9.17, 15) is 9.59 Å². The van der Waals surface area contributed by atoms with Crippen LogP contribution in [0.1, 0.15) is 46.5 Å². The number of unbranched alkanes of at least 4 members (excludes halogenated alkanes) is 1. The van der Waals surface area contributed by atoms with Crippen LogP contribution in [0.4, 0.5) is 0 Å². The summed E-state index contributed by atoms with van der Waals surface area (Å²) in [6.45, 7) is 5.95. The SMILES string of the molecule is CCCC[C@@H](C)[C@@H](C)C(=O)CC(=O)O. The maximum atomic E-state index is 11.4. The van der Waals surface area contributed by atoms with Crippen molar-refractivity contribution in [2.45, 2.75) is 46.5 Å². The molecule has 0 rings (SSSR count). The summed E-state index contributed by atoms with van der Waals surface area (Å²) in [4.78, 5) is 21.7. The summed E-state index contributed by atoms with van der Waals surface area (Å²) in [5.41, 5.74) is 0. The molecule has 0 heterocycles. The summed E-state index contributed by atoms with van der Waals surface area (Å²) in [5.74, 6) is -1.01. The Balaban J connectivity index is 3.96. The number of carboxylic acids is 1. The fourth-order valence-electron chi connectivity index (χ4n) is 1.40. The van der Waals surface area contributed by atoms with Crippen LogP contribution in [0, 0.1) is 11.8 Å². The van der Waals surface area contributed by atoms with Crippen molar-refractivity contribution in [3.63, 3.8) is 0 Å². The van der Waals surface area contributed by atoms with Gasteiger partial charge >= 0.3 is 5.97 Å². The molecule has 0 aliphatic carbocycles. The maximum absolute atomic E-state index is 11.4. The number of aliphatic carboxylic acids is 1. The van der Waals surface area contributed by atoms with Gasteiger partial charge < -0.3 is 5.11 Å². The van der Waals surface area contributed by atoms with E-state index in [1.54, 1.807) is 0 Å². The van der Waals surface area contributed by atoms with Crippen LogP contribution in [0.3, 0.4) is 0 Å². The van der Waals surface area contributed by atoms with Crippen molar-refractivity contribution in [3.8, 4) is 0 Å². The van der Waals surface area contributed by atoms with E-state index in [2.05, 4.69) is 6.92 Å². The largest absolute Gasteiger partial charge is 0.481 e. The molecule has 0 aliphatic heterocycles. The normalized spacial score (nSPS) is 14.8. The fourth-order valence-corrected chi connectivity index (χ4v) is 1.40. The molecule has 82 valence electrons. The zero-order valence-electron chi connectivity index (χ0n) is 9.25. The van der Waals surface area contributed by atoms with E-state index in [0.717, 1.165) is 19.3 Å². The molecule has 0 saturated heterocycles. The van der Waals surface area contributed by atoms with E-state index in [-0.39, 0.29) is 18.1 Å². The van der Waals surface area contributed by atoms with Gasteiger partial charge in [0.15, 0.2) is 0 Å². The molecule has 0 saturated carbocycles. The van der Waals surface area contributed by atoms with Crippen LogP contribution in [0.15, 0.2) is 0 Å². The molecule has 0 spiro atoms. The zero-order valence-corrected chi connectivity index (χ0v) is 9.25. The van der Waals surface area contributed by atoms with E-state index in [1.807, 2.05) is 13.8 Å². The van der Waals surface area contributed by atoms with Gasteiger partial charge in [-0.3, -0.25) is 9.59 Å². The van der Waals surface area contributed by atoms with Gasteiger partial charge in [-0.05, 0) is 5.92 Å². The number of carbonyl (C=O) groups excluding carboxylic acids is 1. The van der Waals surface area contributed by atoms with Crippen LogP contribution in [0.5, 0.6) is 0 Å². The van der Waals surface area contributed by atoms with Crippen molar-refractivity contribution >= 4 is 11.8 Å². The average molecular weight is 200 g/mol. The molecule has 0 aliphatic rings. The summed E-state index contributed by atoms with van der Waals surface area (Å²) in [7, 11) is 0. The van der Waals surface area contributed by atoms with Crippen LogP contribution >= 0.6 is 0 Å². The van der Waals surface area contributed by atoms with Crippen LogP contribution in [-0.2, 0) is 9.59 Å². The second kappa shape index (κ2) is 6.57. The number of hydrogen-bond donors (Lipinski definition) is 1. The van der Waals surface area contributed by atoms with E-state index in [1.165, 1.54) is 0 Å². The maximum Gasteiger partial charge on any atom is 0.310 e. The van der Waals surface area contributed by atoms with Gasteiger partial charge in [0.05, 0.1) is 0 Å². The van der Waals surface area contributed by atoms with Gasteiger partial charge in [0.1, 0.15) is 12.2 Å². The highest BCUT2D eigenvalue weighted by Gasteiger charge is 2.21. The predicted molar refractivity (Wildman–Crippen MR) is 55.1 cm³/mol. The smallest absolute Gasteiger partial charge is 0.310 e. The number of carboxylic acid groups (broad SMARTS) is 1. The van der Waals surface area contributed by atoms with Crippen LogP contribution < -0.4 is 0 Å². The van der Waals surface area contributed by atoms with Crippen LogP contribution in [-0.4, -0.2) is 16.9 Å². The Morgan fingerprint density at radius 2 is 1.86 bits per heavy atom. The zero-order chi connectivity index (χ0) is 11.1. The van der Waals surface area contributed by atoms with Gasteiger partial charge in [-0.1, -0.05) is 40.0 Å². The third-order valence-electron chi connectivity index (χ3n) is 2.70. The van der Waals surface area contributed by atoms with Crippen molar-refractivity contribution < 1.29 is 14.7 Å². The fraction of sp³-hybridized carbons (Fsp3) is 0.818.